The Balaban J connectivity index is 0.000000872. The van der Waals surface area contributed by atoms with Crippen molar-refractivity contribution in [3.05, 3.63) is 68.9 Å². The molecule has 5 nitrogen and oxygen atoms in total. The van der Waals surface area contributed by atoms with Gasteiger partial charge in [0.25, 0.3) is 11.1 Å². The molecule has 1 N–H and O–H groups in total. The summed E-state index contributed by atoms with van der Waals surface area (Å²) in [6.45, 7) is 4.00. The minimum Gasteiger partial charge on any atom is -0.280 e. The van der Waals surface area contributed by atoms with Crippen LogP contribution in [0.25, 0.3) is 26.7 Å². The molecule has 138 valence electrons. The van der Waals surface area contributed by atoms with Crippen molar-refractivity contribution in [2.45, 2.75) is 32.6 Å². The zero-order valence-electron chi connectivity index (χ0n) is 15.0. The third-order valence-electron chi connectivity index (χ3n) is 4.65. The highest BCUT2D eigenvalue weighted by Crippen LogP contribution is 2.45. The Morgan fingerprint density at radius 2 is 2.07 bits per heavy atom. The van der Waals surface area contributed by atoms with E-state index in [1.165, 1.54) is 22.1 Å². The van der Waals surface area contributed by atoms with Gasteiger partial charge in [-0.05, 0) is 36.5 Å². The van der Waals surface area contributed by atoms with Gasteiger partial charge in [0.15, 0.2) is 0 Å². The normalized spacial score (nSPS) is 13.6. The molecule has 1 aliphatic carbocycles. The smallest absolute Gasteiger partial charge is 0.271 e. The summed E-state index contributed by atoms with van der Waals surface area (Å²) in [5.74, 6) is -0.216. The van der Waals surface area contributed by atoms with Crippen LogP contribution in [0.1, 0.15) is 38.2 Å². The molecular weight excluding hydrogens is 365 g/mol. The van der Waals surface area contributed by atoms with E-state index >= 15 is 0 Å². The van der Waals surface area contributed by atoms with Crippen molar-refractivity contribution in [2.24, 2.45) is 0 Å². The number of fused-ring (bicyclic) bond motifs is 2. The highest BCUT2D eigenvalue weighted by molar-refractivity contribution is 7.13. The lowest BCUT2D eigenvalue weighted by molar-refractivity contribution is 0.621. The molecule has 0 spiro atoms. The minimum absolute atomic E-state index is 0.123. The molecule has 7 heteroatoms. The van der Waals surface area contributed by atoms with Gasteiger partial charge in [0.1, 0.15) is 11.2 Å². The number of nitrogens with zero attached hydrogens (tertiary/aromatic N) is 2. The Morgan fingerprint density at radius 1 is 1.30 bits per heavy atom. The topological polar surface area (TPSA) is 67.2 Å². The number of aromatic amines is 1. The fourth-order valence-corrected chi connectivity index (χ4v) is 4.30. The number of pyridine rings is 3. The Hall–Kier alpha value is -2.80. The minimum atomic E-state index is -0.518. The summed E-state index contributed by atoms with van der Waals surface area (Å²) < 4.78 is 19.3. The molecule has 4 heterocycles. The van der Waals surface area contributed by atoms with Gasteiger partial charge in [-0.15, -0.1) is 0 Å². The maximum Gasteiger partial charge on any atom is 0.271 e. The van der Waals surface area contributed by atoms with Crippen LogP contribution in [-0.4, -0.2) is 13.8 Å². The zero-order valence-corrected chi connectivity index (χ0v) is 15.8. The first kappa shape index (κ1) is 17.6. The van der Waals surface area contributed by atoms with Crippen LogP contribution in [0, 0.1) is 5.82 Å². The lowest BCUT2D eigenvalue weighted by Gasteiger charge is -2.11. The largest absolute Gasteiger partial charge is 0.280 e. The van der Waals surface area contributed by atoms with E-state index < -0.39 is 16.9 Å². The quantitative estimate of drug-likeness (QED) is 0.561. The summed E-state index contributed by atoms with van der Waals surface area (Å²) in [4.78, 5) is 28.8. The summed E-state index contributed by atoms with van der Waals surface area (Å²) in [7, 11) is 0. The van der Waals surface area contributed by atoms with Crippen molar-refractivity contribution in [3.63, 3.8) is 0 Å². The number of hydrogen-bond acceptors (Lipinski definition) is 4. The molecule has 0 amide bonds. The highest BCUT2D eigenvalue weighted by atomic mass is 32.1. The van der Waals surface area contributed by atoms with Gasteiger partial charge in [0.05, 0.1) is 10.2 Å². The molecule has 27 heavy (non-hydrogen) atoms. The second kappa shape index (κ2) is 6.74. The van der Waals surface area contributed by atoms with E-state index in [0.29, 0.717) is 27.3 Å². The molecule has 0 bridgehead atoms. The van der Waals surface area contributed by atoms with Crippen LogP contribution < -0.4 is 11.1 Å². The van der Waals surface area contributed by atoms with Crippen molar-refractivity contribution < 1.29 is 4.39 Å². The molecule has 1 aliphatic rings. The van der Waals surface area contributed by atoms with E-state index in [-0.39, 0.29) is 5.39 Å². The Kier molecular flexibility index (Phi) is 4.39. The number of nitrogens with one attached hydrogen (secondary N) is 1. The number of H-pyrrole nitrogens is 1. The number of hydrogen-bond donors (Lipinski definition) is 1. The highest BCUT2D eigenvalue weighted by Gasteiger charge is 2.30. The lowest BCUT2D eigenvalue weighted by atomic mass is 10.0. The molecule has 0 aliphatic heterocycles. The Labute approximate surface area is 158 Å². The first-order valence-corrected chi connectivity index (χ1v) is 9.76. The number of halogens is 1. The predicted octanol–water partition coefficient (Wildman–Crippen LogP) is 4.31. The first-order valence-electron chi connectivity index (χ1n) is 8.94. The predicted molar refractivity (Wildman–Crippen MR) is 106 cm³/mol. The van der Waals surface area contributed by atoms with E-state index in [1.54, 1.807) is 30.6 Å². The third-order valence-corrected chi connectivity index (χ3v) is 5.57. The molecule has 4 aromatic rings. The first-order chi connectivity index (χ1) is 13.1. The van der Waals surface area contributed by atoms with Crippen molar-refractivity contribution in [1.82, 2.24) is 13.8 Å². The van der Waals surface area contributed by atoms with E-state index in [1.807, 2.05) is 13.8 Å². The van der Waals surface area contributed by atoms with Gasteiger partial charge in [-0.2, -0.15) is 0 Å². The summed E-state index contributed by atoms with van der Waals surface area (Å²) in [6, 6.07) is 5.23. The van der Waals surface area contributed by atoms with E-state index in [4.69, 9.17) is 0 Å². The van der Waals surface area contributed by atoms with Gasteiger partial charge >= 0.3 is 0 Å². The van der Waals surface area contributed by atoms with Gasteiger partial charge in [-0.1, -0.05) is 31.4 Å². The molecule has 5 rings (SSSR count). The summed E-state index contributed by atoms with van der Waals surface area (Å²) in [5.41, 5.74) is 1.79. The van der Waals surface area contributed by atoms with E-state index in [0.717, 1.165) is 18.4 Å². The summed E-state index contributed by atoms with van der Waals surface area (Å²) in [6.07, 6.45) is 6.42. The molecule has 4 aromatic heterocycles. The van der Waals surface area contributed by atoms with Crippen LogP contribution >= 0.6 is 11.5 Å². The maximum atomic E-state index is 14.7. The molecule has 0 saturated heterocycles. The van der Waals surface area contributed by atoms with E-state index in [2.05, 4.69) is 9.36 Å². The van der Waals surface area contributed by atoms with Gasteiger partial charge in [-0.3, -0.25) is 23.3 Å². The van der Waals surface area contributed by atoms with Crippen molar-refractivity contribution in [1.29, 1.82) is 0 Å². The number of aromatic nitrogens is 3. The van der Waals surface area contributed by atoms with Crippen LogP contribution in [-0.2, 0) is 0 Å². The van der Waals surface area contributed by atoms with Crippen LogP contribution in [0.4, 0.5) is 4.39 Å². The molecule has 0 atom stereocenters. The standard InChI is InChI=1S/C18H12FN3O2S.C2H6/c19-12-8-22-13(6-11(12)10-2-1-5-20-7-10)14(9-3-4-9)16-15(18(22)24)17(23)21-25-16;1-2/h1-2,5-9H,3-4H2,(H,21,23);1-2H3. The average molecular weight is 383 g/mol. The monoisotopic (exact) mass is 383 g/mol. The zero-order chi connectivity index (χ0) is 19.1. The van der Waals surface area contributed by atoms with Crippen LogP contribution in [0.3, 0.4) is 0 Å². The third kappa shape index (κ3) is 2.78. The van der Waals surface area contributed by atoms with E-state index in [9.17, 15) is 14.0 Å². The van der Waals surface area contributed by atoms with Gasteiger partial charge in [-0.25, -0.2) is 4.39 Å². The molecule has 0 radical (unpaired) electrons. The second-order valence-corrected chi connectivity index (χ2v) is 7.08. The lowest BCUT2D eigenvalue weighted by Crippen LogP contribution is -2.20. The van der Waals surface area contributed by atoms with Crippen LogP contribution in [0.5, 0.6) is 0 Å². The van der Waals surface area contributed by atoms with Gasteiger partial charge in [0, 0.05) is 29.7 Å². The van der Waals surface area contributed by atoms with Crippen molar-refractivity contribution >= 4 is 27.1 Å². The Morgan fingerprint density at radius 3 is 2.74 bits per heavy atom. The molecule has 1 saturated carbocycles. The summed E-state index contributed by atoms with van der Waals surface area (Å²) >= 11 is 1.19. The van der Waals surface area contributed by atoms with Crippen molar-refractivity contribution in [3.8, 4) is 11.1 Å². The molecule has 0 aromatic carbocycles. The Bertz CT molecular complexity index is 1250. The van der Waals surface area contributed by atoms with Crippen molar-refractivity contribution in [2.75, 3.05) is 0 Å². The van der Waals surface area contributed by atoms with Gasteiger partial charge in [0.2, 0.25) is 0 Å². The average Bonchev–Trinajstić information content (AvgIpc) is 3.46. The number of rotatable bonds is 2. The van der Waals surface area contributed by atoms with Gasteiger partial charge < -0.3 is 0 Å². The van der Waals surface area contributed by atoms with Crippen LogP contribution in [0.2, 0.25) is 0 Å². The maximum absolute atomic E-state index is 14.7. The second-order valence-electron chi connectivity index (χ2n) is 6.26. The molecule has 1 fully saturated rings. The molecular formula is C20H18FN3O2S. The summed E-state index contributed by atoms with van der Waals surface area (Å²) in [5, 5.41) is 0.123. The molecule has 0 unspecified atom stereocenters. The van der Waals surface area contributed by atoms with Crippen LogP contribution in [0.15, 0.2) is 46.4 Å². The SMILES string of the molecule is CC.O=c1[nH]sc2c(C3CC3)c3cc(-c4cccnc4)c(F)cn3c(=O)c12. The fourth-order valence-electron chi connectivity index (χ4n) is 3.34. The fraction of sp³-hybridized carbons (Fsp3) is 0.250.